The van der Waals surface area contributed by atoms with Crippen molar-refractivity contribution in [2.45, 2.75) is 52.6 Å². The Kier molecular flexibility index (Phi) is 4.58. The number of hydrogen-bond acceptors (Lipinski definition) is 5. The molecule has 1 unspecified atom stereocenters. The van der Waals surface area contributed by atoms with E-state index >= 15 is 0 Å². The first-order valence-corrected chi connectivity index (χ1v) is 10.4. The van der Waals surface area contributed by atoms with Crippen molar-refractivity contribution in [1.29, 1.82) is 0 Å². The SMILES string of the molecule is CC(=O)N(Cc1ccsc1)C1CC12CCN(C(=O)c1c(C)noc1C)CC2. The quantitative estimate of drug-likeness (QED) is 0.806. The van der Waals surface area contributed by atoms with Crippen molar-refractivity contribution in [3.63, 3.8) is 0 Å². The standard InChI is InChI=1S/C20H25N3O3S/c1-13-18(14(2)26-21-13)19(25)22-7-5-20(6-8-22)10-17(20)23(15(3)24)11-16-4-9-27-12-16/h4,9,12,17H,5-8,10-11H2,1-3H3. The first-order valence-electron chi connectivity index (χ1n) is 9.42. The number of thiophene rings is 1. The number of amides is 2. The maximum Gasteiger partial charge on any atom is 0.259 e. The van der Waals surface area contributed by atoms with E-state index in [2.05, 4.69) is 22.0 Å². The van der Waals surface area contributed by atoms with Crippen LogP contribution in [0.3, 0.4) is 0 Å². The Morgan fingerprint density at radius 2 is 2.11 bits per heavy atom. The third kappa shape index (κ3) is 3.29. The molecule has 7 heteroatoms. The largest absolute Gasteiger partial charge is 0.361 e. The summed E-state index contributed by atoms with van der Waals surface area (Å²) < 4.78 is 5.14. The predicted molar refractivity (Wildman–Crippen MR) is 102 cm³/mol. The van der Waals surface area contributed by atoms with Gasteiger partial charge in [-0.2, -0.15) is 11.3 Å². The molecule has 0 radical (unpaired) electrons. The molecule has 2 aromatic heterocycles. The number of aryl methyl sites for hydroxylation is 2. The first kappa shape index (κ1) is 18.2. The molecule has 1 aliphatic heterocycles. The van der Waals surface area contributed by atoms with Gasteiger partial charge in [-0.25, -0.2) is 0 Å². The van der Waals surface area contributed by atoms with Crippen molar-refractivity contribution < 1.29 is 14.1 Å². The van der Waals surface area contributed by atoms with Gasteiger partial charge in [0.05, 0.1) is 5.69 Å². The molecule has 2 aromatic rings. The van der Waals surface area contributed by atoms with Gasteiger partial charge in [-0.15, -0.1) is 0 Å². The van der Waals surface area contributed by atoms with Gasteiger partial charge in [-0.05, 0) is 60.9 Å². The van der Waals surface area contributed by atoms with E-state index in [1.165, 1.54) is 5.56 Å². The highest BCUT2D eigenvalue weighted by Crippen LogP contribution is 2.57. The van der Waals surface area contributed by atoms with Crippen LogP contribution in [0, 0.1) is 19.3 Å². The zero-order valence-electron chi connectivity index (χ0n) is 16.0. The Morgan fingerprint density at radius 1 is 1.37 bits per heavy atom. The Bertz CT molecular complexity index is 830. The number of rotatable bonds is 4. The minimum atomic E-state index is 0.0139. The predicted octanol–water partition coefficient (Wildman–Crippen LogP) is 3.40. The van der Waals surface area contributed by atoms with Gasteiger partial charge in [-0.3, -0.25) is 9.59 Å². The van der Waals surface area contributed by atoms with E-state index in [1.54, 1.807) is 32.1 Å². The van der Waals surface area contributed by atoms with Crippen molar-refractivity contribution in [2.75, 3.05) is 13.1 Å². The van der Waals surface area contributed by atoms with Crippen LogP contribution in [0.5, 0.6) is 0 Å². The second-order valence-electron chi connectivity index (χ2n) is 7.85. The summed E-state index contributed by atoms with van der Waals surface area (Å²) in [6, 6.07) is 2.38. The average Bonchev–Trinajstić information content (AvgIpc) is 2.98. The van der Waals surface area contributed by atoms with Crippen LogP contribution in [0.25, 0.3) is 0 Å². The summed E-state index contributed by atoms with van der Waals surface area (Å²) in [7, 11) is 0. The van der Waals surface area contributed by atoms with Crippen molar-refractivity contribution >= 4 is 23.2 Å². The molecule has 27 heavy (non-hydrogen) atoms. The van der Waals surface area contributed by atoms with Gasteiger partial charge in [0.15, 0.2) is 0 Å². The van der Waals surface area contributed by atoms with Gasteiger partial charge in [0, 0.05) is 32.6 Å². The zero-order valence-corrected chi connectivity index (χ0v) is 16.8. The van der Waals surface area contributed by atoms with Crippen LogP contribution in [0.4, 0.5) is 0 Å². The monoisotopic (exact) mass is 387 g/mol. The number of carbonyl (C=O) groups is 2. The molecule has 2 aliphatic rings. The Balaban J connectivity index is 1.40. The molecule has 6 nitrogen and oxygen atoms in total. The van der Waals surface area contributed by atoms with E-state index in [0.717, 1.165) is 32.4 Å². The fraction of sp³-hybridized carbons (Fsp3) is 0.550. The number of piperidine rings is 1. The summed E-state index contributed by atoms with van der Waals surface area (Å²) in [5.74, 6) is 0.734. The fourth-order valence-corrected chi connectivity index (χ4v) is 5.09. The number of carbonyl (C=O) groups excluding carboxylic acids is 2. The van der Waals surface area contributed by atoms with Gasteiger partial charge in [0.1, 0.15) is 11.3 Å². The number of aromatic nitrogens is 1. The van der Waals surface area contributed by atoms with Gasteiger partial charge < -0.3 is 14.3 Å². The topological polar surface area (TPSA) is 66.7 Å². The average molecular weight is 388 g/mol. The van der Waals surface area contributed by atoms with Crippen molar-refractivity contribution in [1.82, 2.24) is 15.0 Å². The van der Waals surface area contributed by atoms with Gasteiger partial charge in [0.2, 0.25) is 5.91 Å². The van der Waals surface area contributed by atoms with Crippen LogP contribution in [0.15, 0.2) is 21.3 Å². The molecular formula is C20H25N3O3S. The summed E-state index contributed by atoms with van der Waals surface area (Å²) in [5.41, 5.74) is 2.63. The molecule has 1 saturated carbocycles. The molecule has 2 fully saturated rings. The lowest BCUT2D eigenvalue weighted by molar-refractivity contribution is -0.130. The maximum atomic E-state index is 12.8. The van der Waals surface area contributed by atoms with Gasteiger partial charge >= 0.3 is 0 Å². The van der Waals surface area contributed by atoms with Crippen LogP contribution in [0.1, 0.15) is 53.6 Å². The molecular weight excluding hydrogens is 362 g/mol. The molecule has 0 aromatic carbocycles. The molecule has 3 heterocycles. The molecule has 4 rings (SSSR count). The summed E-state index contributed by atoms with van der Waals surface area (Å²) >= 11 is 1.66. The van der Waals surface area contributed by atoms with Crippen molar-refractivity contribution in [3.8, 4) is 0 Å². The zero-order chi connectivity index (χ0) is 19.2. The second kappa shape index (κ2) is 6.78. The summed E-state index contributed by atoms with van der Waals surface area (Å²) in [6.45, 7) is 7.39. The van der Waals surface area contributed by atoms with Crippen molar-refractivity contribution in [2.24, 2.45) is 5.41 Å². The molecule has 0 bridgehead atoms. The molecule has 1 saturated heterocycles. The lowest BCUT2D eigenvalue weighted by atomic mass is 9.91. The Morgan fingerprint density at radius 3 is 2.67 bits per heavy atom. The maximum absolute atomic E-state index is 12.8. The van der Waals surface area contributed by atoms with E-state index in [0.29, 0.717) is 29.6 Å². The Labute approximate surface area is 163 Å². The highest BCUT2D eigenvalue weighted by Gasteiger charge is 2.58. The van der Waals surface area contributed by atoms with Crippen molar-refractivity contribution in [3.05, 3.63) is 39.4 Å². The summed E-state index contributed by atoms with van der Waals surface area (Å²) in [5, 5.41) is 8.06. The van der Waals surface area contributed by atoms with E-state index in [9.17, 15) is 9.59 Å². The van der Waals surface area contributed by atoms with Crippen LogP contribution < -0.4 is 0 Å². The second-order valence-corrected chi connectivity index (χ2v) is 8.63. The van der Waals surface area contributed by atoms with Crippen LogP contribution in [0.2, 0.25) is 0 Å². The lowest BCUT2D eigenvalue weighted by Gasteiger charge is -2.34. The third-order valence-electron chi connectivity index (χ3n) is 6.15. The van der Waals surface area contributed by atoms with E-state index in [-0.39, 0.29) is 17.2 Å². The molecule has 144 valence electrons. The van der Waals surface area contributed by atoms with Crippen LogP contribution >= 0.6 is 11.3 Å². The van der Waals surface area contributed by atoms with Gasteiger partial charge in [0.25, 0.3) is 5.91 Å². The number of hydrogen-bond donors (Lipinski definition) is 0. The van der Waals surface area contributed by atoms with Crippen LogP contribution in [-0.4, -0.2) is 45.9 Å². The highest BCUT2D eigenvalue weighted by molar-refractivity contribution is 7.07. The highest BCUT2D eigenvalue weighted by atomic mass is 32.1. The third-order valence-corrected chi connectivity index (χ3v) is 6.89. The molecule has 2 amide bonds. The molecule has 1 atom stereocenters. The smallest absolute Gasteiger partial charge is 0.259 e. The normalized spacial score (nSPS) is 20.7. The Hall–Kier alpha value is -2.15. The van der Waals surface area contributed by atoms with E-state index < -0.39 is 0 Å². The molecule has 0 N–H and O–H groups in total. The van der Waals surface area contributed by atoms with Crippen LogP contribution in [-0.2, 0) is 11.3 Å². The fourth-order valence-electron chi connectivity index (χ4n) is 4.43. The van der Waals surface area contributed by atoms with E-state index in [1.807, 2.05) is 9.80 Å². The summed E-state index contributed by atoms with van der Waals surface area (Å²) in [4.78, 5) is 29.0. The number of likely N-dealkylation sites (tertiary alicyclic amines) is 1. The lowest BCUT2D eigenvalue weighted by Crippen LogP contribution is -2.42. The molecule has 1 spiro atoms. The minimum absolute atomic E-state index is 0.0139. The molecule has 1 aliphatic carbocycles. The summed E-state index contributed by atoms with van der Waals surface area (Å²) in [6.07, 6.45) is 2.93. The van der Waals surface area contributed by atoms with E-state index in [4.69, 9.17) is 4.52 Å². The minimum Gasteiger partial charge on any atom is -0.361 e. The first-order chi connectivity index (χ1) is 12.9. The van der Waals surface area contributed by atoms with Gasteiger partial charge in [-0.1, -0.05) is 5.16 Å². The number of nitrogens with zero attached hydrogens (tertiary/aromatic N) is 3.